The molecule has 0 aliphatic carbocycles. The summed E-state index contributed by atoms with van der Waals surface area (Å²) < 4.78 is 9.83. The zero-order valence-corrected chi connectivity index (χ0v) is 13.4. The van der Waals surface area contributed by atoms with Crippen LogP contribution in [0.3, 0.4) is 0 Å². The first-order chi connectivity index (χ1) is 10.4. The molecule has 0 bridgehead atoms. The number of unbranched alkanes of at least 4 members (excludes halogenated alkanes) is 2. The SMILES string of the molecule is C=C(CC(=O)OC(CCCC)CCCC)C(=O)OCC(=O)O. The molecule has 0 aromatic carbocycles. The molecule has 0 aromatic heterocycles. The molecule has 0 amide bonds. The van der Waals surface area contributed by atoms with Crippen molar-refractivity contribution >= 4 is 17.9 Å². The van der Waals surface area contributed by atoms with Gasteiger partial charge in [0.15, 0.2) is 6.61 Å². The van der Waals surface area contributed by atoms with Gasteiger partial charge in [-0.3, -0.25) is 4.79 Å². The van der Waals surface area contributed by atoms with Crippen molar-refractivity contribution in [2.24, 2.45) is 0 Å². The molecule has 6 nitrogen and oxygen atoms in total. The van der Waals surface area contributed by atoms with E-state index in [4.69, 9.17) is 9.84 Å². The Morgan fingerprint density at radius 3 is 2.09 bits per heavy atom. The van der Waals surface area contributed by atoms with Gasteiger partial charge in [-0.1, -0.05) is 46.1 Å². The molecular weight excluding hydrogens is 288 g/mol. The van der Waals surface area contributed by atoms with Crippen LogP contribution in [0.25, 0.3) is 0 Å². The third kappa shape index (κ3) is 9.96. The molecule has 0 fully saturated rings. The highest BCUT2D eigenvalue weighted by molar-refractivity contribution is 5.94. The summed E-state index contributed by atoms with van der Waals surface area (Å²) in [5.41, 5.74) is -0.101. The summed E-state index contributed by atoms with van der Waals surface area (Å²) in [6.07, 6.45) is 5.18. The molecule has 0 spiro atoms. The van der Waals surface area contributed by atoms with E-state index in [1.807, 2.05) is 0 Å². The maximum Gasteiger partial charge on any atom is 0.341 e. The number of esters is 2. The topological polar surface area (TPSA) is 89.9 Å². The van der Waals surface area contributed by atoms with Crippen molar-refractivity contribution in [1.82, 2.24) is 0 Å². The van der Waals surface area contributed by atoms with Crippen LogP contribution < -0.4 is 0 Å². The summed E-state index contributed by atoms with van der Waals surface area (Å²) >= 11 is 0. The number of rotatable bonds is 12. The summed E-state index contributed by atoms with van der Waals surface area (Å²) in [5, 5.41) is 8.41. The van der Waals surface area contributed by atoms with Gasteiger partial charge in [-0.15, -0.1) is 0 Å². The molecule has 0 saturated carbocycles. The van der Waals surface area contributed by atoms with Gasteiger partial charge in [0.25, 0.3) is 0 Å². The Kier molecular flexibility index (Phi) is 10.8. The van der Waals surface area contributed by atoms with Crippen LogP contribution in [0.15, 0.2) is 12.2 Å². The van der Waals surface area contributed by atoms with Crippen LogP contribution in [0.2, 0.25) is 0 Å². The first-order valence-corrected chi connectivity index (χ1v) is 7.66. The Hall–Kier alpha value is -1.85. The lowest BCUT2D eigenvalue weighted by molar-refractivity contribution is -0.154. The first kappa shape index (κ1) is 20.1. The highest BCUT2D eigenvalue weighted by Gasteiger charge is 2.18. The summed E-state index contributed by atoms with van der Waals surface area (Å²) in [6.45, 7) is 6.83. The maximum absolute atomic E-state index is 11.8. The van der Waals surface area contributed by atoms with Crippen molar-refractivity contribution in [2.45, 2.75) is 64.9 Å². The zero-order chi connectivity index (χ0) is 17.0. The van der Waals surface area contributed by atoms with Crippen molar-refractivity contribution in [3.8, 4) is 0 Å². The van der Waals surface area contributed by atoms with E-state index in [0.29, 0.717) is 0 Å². The van der Waals surface area contributed by atoms with Crippen molar-refractivity contribution in [3.05, 3.63) is 12.2 Å². The quantitative estimate of drug-likeness (QED) is 0.440. The van der Waals surface area contributed by atoms with Gasteiger partial charge in [0, 0.05) is 5.57 Å². The van der Waals surface area contributed by atoms with E-state index in [1.54, 1.807) is 0 Å². The van der Waals surface area contributed by atoms with E-state index in [0.717, 1.165) is 38.5 Å². The minimum atomic E-state index is -1.26. The van der Waals surface area contributed by atoms with Crippen LogP contribution in [0.4, 0.5) is 0 Å². The van der Waals surface area contributed by atoms with E-state index < -0.39 is 24.5 Å². The number of carboxylic acid groups (broad SMARTS) is 1. The van der Waals surface area contributed by atoms with Crippen LogP contribution >= 0.6 is 0 Å². The third-order valence-corrected chi connectivity index (χ3v) is 3.03. The summed E-state index contributed by atoms with van der Waals surface area (Å²) in [4.78, 5) is 33.5. The number of ether oxygens (including phenoxy) is 2. The largest absolute Gasteiger partial charge is 0.479 e. The molecule has 126 valence electrons. The van der Waals surface area contributed by atoms with E-state index in [-0.39, 0.29) is 18.1 Å². The van der Waals surface area contributed by atoms with Gasteiger partial charge in [-0.05, 0) is 12.8 Å². The number of carboxylic acids is 1. The lowest BCUT2D eigenvalue weighted by Gasteiger charge is -2.17. The molecule has 1 N–H and O–H groups in total. The normalized spacial score (nSPS) is 10.3. The molecule has 0 aliphatic heterocycles. The first-order valence-electron chi connectivity index (χ1n) is 7.66. The summed E-state index contributed by atoms with van der Waals surface area (Å²) in [5.74, 6) is -2.68. The molecule has 0 atom stereocenters. The number of aliphatic carboxylic acids is 1. The van der Waals surface area contributed by atoms with E-state index >= 15 is 0 Å². The van der Waals surface area contributed by atoms with Crippen molar-refractivity contribution in [2.75, 3.05) is 6.61 Å². The molecule has 22 heavy (non-hydrogen) atoms. The number of carbonyl (C=O) groups excluding carboxylic acids is 2. The lowest BCUT2D eigenvalue weighted by atomic mass is 10.1. The minimum Gasteiger partial charge on any atom is -0.479 e. The van der Waals surface area contributed by atoms with Gasteiger partial charge in [-0.25, -0.2) is 9.59 Å². The Balaban J connectivity index is 4.27. The predicted octanol–water partition coefficient (Wildman–Crippen LogP) is 2.85. The average molecular weight is 314 g/mol. The highest BCUT2D eigenvalue weighted by Crippen LogP contribution is 2.14. The molecule has 0 aromatic rings. The second-order valence-electron chi connectivity index (χ2n) is 5.15. The Morgan fingerprint density at radius 1 is 1.09 bits per heavy atom. The lowest BCUT2D eigenvalue weighted by Crippen LogP contribution is -2.21. The molecule has 0 aliphatic rings. The molecular formula is C16H26O6. The van der Waals surface area contributed by atoms with Gasteiger partial charge in [-0.2, -0.15) is 0 Å². The molecule has 0 radical (unpaired) electrons. The monoisotopic (exact) mass is 314 g/mol. The molecule has 6 heteroatoms. The molecule has 0 unspecified atom stereocenters. The van der Waals surface area contributed by atoms with Crippen LogP contribution in [-0.4, -0.2) is 35.7 Å². The fraction of sp³-hybridized carbons (Fsp3) is 0.688. The average Bonchev–Trinajstić information content (AvgIpc) is 2.47. The van der Waals surface area contributed by atoms with Crippen molar-refractivity contribution in [1.29, 1.82) is 0 Å². The van der Waals surface area contributed by atoms with Crippen LogP contribution in [0.5, 0.6) is 0 Å². The molecule has 0 heterocycles. The van der Waals surface area contributed by atoms with Gasteiger partial charge in [0.2, 0.25) is 0 Å². The molecule has 0 saturated heterocycles. The molecule has 0 rings (SSSR count). The predicted molar refractivity (Wildman–Crippen MR) is 81.3 cm³/mol. The van der Waals surface area contributed by atoms with Gasteiger partial charge < -0.3 is 14.6 Å². The van der Waals surface area contributed by atoms with Crippen LogP contribution in [0.1, 0.15) is 58.8 Å². The van der Waals surface area contributed by atoms with Crippen molar-refractivity contribution in [3.63, 3.8) is 0 Å². The van der Waals surface area contributed by atoms with Gasteiger partial charge in [0.05, 0.1) is 6.42 Å². The maximum atomic E-state index is 11.8. The van der Waals surface area contributed by atoms with E-state index in [1.165, 1.54) is 0 Å². The van der Waals surface area contributed by atoms with Crippen molar-refractivity contribution < 1.29 is 29.0 Å². The Bertz CT molecular complexity index is 380. The number of hydrogen-bond acceptors (Lipinski definition) is 5. The van der Waals surface area contributed by atoms with Crippen LogP contribution in [-0.2, 0) is 23.9 Å². The van der Waals surface area contributed by atoms with Crippen LogP contribution in [0, 0.1) is 0 Å². The second kappa shape index (κ2) is 11.8. The number of hydrogen-bond donors (Lipinski definition) is 1. The zero-order valence-electron chi connectivity index (χ0n) is 13.4. The Morgan fingerprint density at radius 2 is 1.64 bits per heavy atom. The fourth-order valence-electron chi connectivity index (χ4n) is 1.83. The van der Waals surface area contributed by atoms with E-state index in [9.17, 15) is 14.4 Å². The standard InChI is InChI=1S/C16H26O6/c1-4-6-8-13(9-7-5-2)22-15(19)10-12(3)16(20)21-11-14(17)18/h13H,3-11H2,1-2H3,(H,17,18). The second-order valence-corrected chi connectivity index (χ2v) is 5.15. The smallest absolute Gasteiger partial charge is 0.341 e. The Labute approximate surface area is 131 Å². The number of carbonyl (C=O) groups is 3. The van der Waals surface area contributed by atoms with Gasteiger partial charge >= 0.3 is 17.9 Å². The highest BCUT2D eigenvalue weighted by atomic mass is 16.6. The van der Waals surface area contributed by atoms with E-state index in [2.05, 4.69) is 25.2 Å². The summed E-state index contributed by atoms with van der Waals surface area (Å²) in [6, 6.07) is 0. The summed E-state index contributed by atoms with van der Waals surface area (Å²) in [7, 11) is 0. The third-order valence-electron chi connectivity index (χ3n) is 3.03. The fourth-order valence-corrected chi connectivity index (χ4v) is 1.83. The van der Waals surface area contributed by atoms with Gasteiger partial charge in [0.1, 0.15) is 6.10 Å². The minimum absolute atomic E-state index is 0.101.